The zero-order chi connectivity index (χ0) is 14.7. The first-order valence-electron chi connectivity index (χ1n) is 7.00. The Kier molecular flexibility index (Phi) is 4.45. The second-order valence-electron chi connectivity index (χ2n) is 5.62. The molecule has 1 heterocycles. The standard InChI is InChI=1S/C16H24N4/c1-12-5-6-15(14(9-12)10-13(2)17)20(4)11-16-18-7-8-19(16)3/h5-9,13H,10-11,17H2,1-4H3. The van der Waals surface area contributed by atoms with E-state index in [2.05, 4.69) is 46.6 Å². The monoisotopic (exact) mass is 272 g/mol. The molecule has 1 aromatic heterocycles. The van der Waals surface area contributed by atoms with Gasteiger partial charge in [0.1, 0.15) is 5.82 Å². The molecule has 0 radical (unpaired) electrons. The average molecular weight is 272 g/mol. The lowest BCUT2D eigenvalue weighted by atomic mass is 10.0. The topological polar surface area (TPSA) is 47.1 Å². The molecule has 0 bridgehead atoms. The SMILES string of the molecule is Cc1ccc(N(C)Cc2nccn2C)c(CC(C)N)c1. The van der Waals surface area contributed by atoms with E-state index >= 15 is 0 Å². The highest BCUT2D eigenvalue weighted by Gasteiger charge is 2.11. The van der Waals surface area contributed by atoms with Gasteiger partial charge in [0, 0.05) is 38.2 Å². The van der Waals surface area contributed by atoms with Crippen LogP contribution in [0.4, 0.5) is 5.69 Å². The zero-order valence-electron chi connectivity index (χ0n) is 12.8. The van der Waals surface area contributed by atoms with Gasteiger partial charge < -0.3 is 15.2 Å². The van der Waals surface area contributed by atoms with Crippen LogP contribution in [0.15, 0.2) is 30.6 Å². The number of benzene rings is 1. The lowest BCUT2D eigenvalue weighted by molar-refractivity contribution is 0.725. The van der Waals surface area contributed by atoms with Crippen molar-refractivity contribution in [1.29, 1.82) is 0 Å². The molecule has 4 nitrogen and oxygen atoms in total. The molecule has 0 aliphatic rings. The van der Waals surface area contributed by atoms with E-state index in [-0.39, 0.29) is 6.04 Å². The molecule has 0 aliphatic heterocycles. The third kappa shape index (κ3) is 3.39. The summed E-state index contributed by atoms with van der Waals surface area (Å²) in [4.78, 5) is 6.62. The maximum Gasteiger partial charge on any atom is 0.127 e. The number of anilines is 1. The van der Waals surface area contributed by atoms with Gasteiger partial charge in [0.25, 0.3) is 0 Å². The van der Waals surface area contributed by atoms with Crippen molar-refractivity contribution in [3.8, 4) is 0 Å². The van der Waals surface area contributed by atoms with Gasteiger partial charge in [-0.15, -0.1) is 0 Å². The van der Waals surface area contributed by atoms with E-state index in [1.807, 2.05) is 26.4 Å². The van der Waals surface area contributed by atoms with E-state index in [0.29, 0.717) is 0 Å². The maximum atomic E-state index is 5.97. The third-order valence-electron chi connectivity index (χ3n) is 3.49. The van der Waals surface area contributed by atoms with Crippen LogP contribution in [-0.4, -0.2) is 22.6 Å². The molecule has 0 amide bonds. The van der Waals surface area contributed by atoms with Crippen LogP contribution < -0.4 is 10.6 Å². The molecule has 2 N–H and O–H groups in total. The van der Waals surface area contributed by atoms with Crippen molar-refractivity contribution in [3.05, 3.63) is 47.5 Å². The van der Waals surface area contributed by atoms with Crippen molar-refractivity contribution in [2.45, 2.75) is 32.9 Å². The Morgan fingerprint density at radius 3 is 2.75 bits per heavy atom. The van der Waals surface area contributed by atoms with Gasteiger partial charge in [0.2, 0.25) is 0 Å². The number of imidazole rings is 1. The first kappa shape index (κ1) is 14.6. The Hall–Kier alpha value is -1.81. The highest BCUT2D eigenvalue weighted by molar-refractivity contribution is 5.54. The zero-order valence-corrected chi connectivity index (χ0v) is 12.8. The van der Waals surface area contributed by atoms with Crippen molar-refractivity contribution in [2.24, 2.45) is 12.8 Å². The van der Waals surface area contributed by atoms with E-state index in [4.69, 9.17) is 5.73 Å². The van der Waals surface area contributed by atoms with Gasteiger partial charge >= 0.3 is 0 Å². The van der Waals surface area contributed by atoms with Crippen LogP contribution in [0.5, 0.6) is 0 Å². The fraction of sp³-hybridized carbons (Fsp3) is 0.438. The Bertz CT molecular complexity index is 572. The van der Waals surface area contributed by atoms with Gasteiger partial charge in [-0.25, -0.2) is 4.98 Å². The molecule has 2 rings (SSSR count). The van der Waals surface area contributed by atoms with Crippen LogP contribution in [0.1, 0.15) is 23.9 Å². The quantitative estimate of drug-likeness (QED) is 0.908. The molecule has 0 saturated heterocycles. The number of aryl methyl sites for hydroxylation is 2. The predicted octanol–water partition coefficient (Wildman–Crippen LogP) is 2.25. The molecule has 0 fully saturated rings. The first-order valence-corrected chi connectivity index (χ1v) is 7.00. The molecule has 108 valence electrons. The Labute approximate surface area is 121 Å². The molecule has 2 aromatic rings. The molecule has 0 aliphatic carbocycles. The van der Waals surface area contributed by atoms with Crippen molar-refractivity contribution in [2.75, 3.05) is 11.9 Å². The highest BCUT2D eigenvalue weighted by atomic mass is 15.2. The molecular formula is C16H24N4. The minimum atomic E-state index is 0.164. The molecule has 1 atom stereocenters. The van der Waals surface area contributed by atoms with Gasteiger partial charge in [-0.2, -0.15) is 0 Å². The minimum absolute atomic E-state index is 0.164. The van der Waals surface area contributed by atoms with Crippen molar-refractivity contribution in [3.63, 3.8) is 0 Å². The van der Waals surface area contributed by atoms with Crippen LogP contribution in [-0.2, 0) is 20.0 Å². The summed E-state index contributed by atoms with van der Waals surface area (Å²) >= 11 is 0. The molecular weight excluding hydrogens is 248 g/mol. The van der Waals surface area contributed by atoms with Crippen LogP contribution in [0.3, 0.4) is 0 Å². The summed E-state index contributed by atoms with van der Waals surface area (Å²) in [5.41, 5.74) is 9.78. The largest absolute Gasteiger partial charge is 0.367 e. The summed E-state index contributed by atoms with van der Waals surface area (Å²) < 4.78 is 2.05. The fourth-order valence-electron chi connectivity index (χ4n) is 2.44. The smallest absolute Gasteiger partial charge is 0.127 e. The van der Waals surface area contributed by atoms with Crippen LogP contribution in [0, 0.1) is 6.92 Å². The average Bonchev–Trinajstić information content (AvgIpc) is 2.74. The van der Waals surface area contributed by atoms with Gasteiger partial charge in [-0.3, -0.25) is 0 Å². The number of hydrogen-bond acceptors (Lipinski definition) is 3. The van der Waals surface area contributed by atoms with E-state index in [1.165, 1.54) is 16.8 Å². The number of nitrogens with zero attached hydrogens (tertiary/aromatic N) is 3. The minimum Gasteiger partial charge on any atom is -0.367 e. The summed E-state index contributed by atoms with van der Waals surface area (Å²) in [7, 11) is 4.12. The first-order chi connectivity index (χ1) is 9.47. The predicted molar refractivity (Wildman–Crippen MR) is 83.8 cm³/mol. The normalized spacial score (nSPS) is 12.4. The molecule has 1 aromatic carbocycles. The molecule has 4 heteroatoms. The Balaban J connectivity index is 2.24. The summed E-state index contributed by atoms with van der Waals surface area (Å²) in [6.45, 7) is 4.95. The Morgan fingerprint density at radius 2 is 2.15 bits per heavy atom. The van der Waals surface area contributed by atoms with Crippen LogP contribution >= 0.6 is 0 Å². The molecule has 0 saturated carbocycles. The van der Waals surface area contributed by atoms with Gasteiger partial charge in [0.15, 0.2) is 0 Å². The fourth-order valence-corrected chi connectivity index (χ4v) is 2.44. The lowest BCUT2D eigenvalue weighted by Crippen LogP contribution is -2.23. The summed E-state index contributed by atoms with van der Waals surface area (Å²) in [5, 5.41) is 0. The lowest BCUT2D eigenvalue weighted by Gasteiger charge is -2.23. The van der Waals surface area contributed by atoms with Gasteiger partial charge in [0.05, 0.1) is 6.54 Å². The number of rotatable bonds is 5. The second kappa shape index (κ2) is 6.09. The molecule has 0 spiro atoms. The summed E-state index contributed by atoms with van der Waals surface area (Å²) in [6, 6.07) is 6.72. The van der Waals surface area contributed by atoms with Crippen molar-refractivity contribution in [1.82, 2.24) is 9.55 Å². The molecule has 20 heavy (non-hydrogen) atoms. The summed E-state index contributed by atoms with van der Waals surface area (Å²) in [6.07, 6.45) is 4.70. The molecule has 1 unspecified atom stereocenters. The van der Waals surface area contributed by atoms with Gasteiger partial charge in [-0.1, -0.05) is 17.7 Å². The van der Waals surface area contributed by atoms with Gasteiger partial charge in [-0.05, 0) is 31.9 Å². The second-order valence-corrected chi connectivity index (χ2v) is 5.62. The maximum absolute atomic E-state index is 5.97. The number of aromatic nitrogens is 2. The van der Waals surface area contributed by atoms with E-state index in [9.17, 15) is 0 Å². The van der Waals surface area contributed by atoms with E-state index < -0.39 is 0 Å². The number of hydrogen-bond donors (Lipinski definition) is 1. The Morgan fingerprint density at radius 1 is 1.40 bits per heavy atom. The van der Waals surface area contributed by atoms with Crippen molar-refractivity contribution >= 4 is 5.69 Å². The van der Waals surface area contributed by atoms with E-state index in [1.54, 1.807) is 0 Å². The van der Waals surface area contributed by atoms with Crippen LogP contribution in [0.2, 0.25) is 0 Å². The van der Waals surface area contributed by atoms with E-state index in [0.717, 1.165) is 18.8 Å². The third-order valence-corrected chi connectivity index (χ3v) is 3.49. The van der Waals surface area contributed by atoms with Crippen LogP contribution in [0.25, 0.3) is 0 Å². The van der Waals surface area contributed by atoms with Crippen molar-refractivity contribution < 1.29 is 0 Å². The summed E-state index contributed by atoms with van der Waals surface area (Å²) in [5.74, 6) is 1.06. The number of nitrogens with two attached hydrogens (primary N) is 1. The highest BCUT2D eigenvalue weighted by Crippen LogP contribution is 2.23.